The first-order valence-electron chi connectivity index (χ1n) is 5.98. The van der Waals surface area contributed by atoms with Crippen molar-refractivity contribution in [2.75, 3.05) is 18.8 Å². The van der Waals surface area contributed by atoms with E-state index in [0.29, 0.717) is 0 Å². The fourth-order valence-electron chi connectivity index (χ4n) is 2.32. The first-order valence-corrected chi connectivity index (χ1v) is 6.96. The second-order valence-electron chi connectivity index (χ2n) is 4.29. The van der Waals surface area contributed by atoms with Crippen LogP contribution in [0.5, 0.6) is 0 Å². The van der Waals surface area contributed by atoms with Crippen LogP contribution in [0.3, 0.4) is 0 Å². The van der Waals surface area contributed by atoms with Gasteiger partial charge in [-0.3, -0.25) is 0 Å². The van der Waals surface area contributed by atoms with E-state index in [1.54, 1.807) is 0 Å². The first kappa shape index (κ1) is 10.2. The molecule has 0 aliphatic carbocycles. The van der Waals surface area contributed by atoms with Crippen molar-refractivity contribution >= 4 is 23.3 Å². The predicted octanol–water partition coefficient (Wildman–Crippen LogP) is 3.31. The van der Waals surface area contributed by atoms with E-state index in [9.17, 15) is 0 Å². The second kappa shape index (κ2) is 4.50. The number of para-hydroxylation sites is 1. The summed E-state index contributed by atoms with van der Waals surface area (Å²) < 4.78 is 0. The lowest BCUT2D eigenvalue weighted by Crippen LogP contribution is -2.27. The van der Waals surface area contributed by atoms with Crippen molar-refractivity contribution in [2.24, 2.45) is 4.99 Å². The molecule has 0 atom stereocenters. The summed E-state index contributed by atoms with van der Waals surface area (Å²) in [5.74, 6) is 2.46. The summed E-state index contributed by atoms with van der Waals surface area (Å²) in [4.78, 5) is 8.63. The van der Waals surface area contributed by atoms with E-state index in [1.807, 2.05) is 11.8 Å². The van der Waals surface area contributed by atoms with Gasteiger partial charge in [-0.1, -0.05) is 12.1 Å². The standard InChI is InChI=1S/C13H16N2S/c1-2-6-12-11(5-1)14-13(7-10-16-12)15-8-3-4-9-15/h1-2,5-6H,3-4,7-10H2. The Morgan fingerprint density at radius 1 is 1.12 bits per heavy atom. The third-order valence-corrected chi connectivity index (χ3v) is 4.23. The van der Waals surface area contributed by atoms with Crippen LogP contribution in [0.2, 0.25) is 0 Å². The van der Waals surface area contributed by atoms with Crippen LogP contribution in [0.15, 0.2) is 34.2 Å². The van der Waals surface area contributed by atoms with Crippen LogP contribution in [-0.2, 0) is 0 Å². The van der Waals surface area contributed by atoms with Crippen LogP contribution in [0.4, 0.5) is 5.69 Å². The van der Waals surface area contributed by atoms with E-state index in [2.05, 4.69) is 29.2 Å². The molecule has 1 aromatic rings. The fourth-order valence-corrected chi connectivity index (χ4v) is 3.26. The number of likely N-dealkylation sites (tertiary alicyclic amines) is 1. The average molecular weight is 232 g/mol. The third-order valence-electron chi connectivity index (χ3n) is 3.17. The summed E-state index contributed by atoms with van der Waals surface area (Å²) in [6.07, 6.45) is 3.76. The molecule has 1 aromatic carbocycles. The highest BCUT2D eigenvalue weighted by Crippen LogP contribution is 2.33. The van der Waals surface area contributed by atoms with E-state index in [4.69, 9.17) is 4.99 Å². The maximum atomic E-state index is 4.84. The molecule has 1 fully saturated rings. The second-order valence-corrected chi connectivity index (χ2v) is 5.43. The third kappa shape index (κ3) is 1.96. The minimum atomic E-state index is 1.11. The highest BCUT2D eigenvalue weighted by atomic mass is 32.2. The molecule has 0 unspecified atom stereocenters. The Balaban J connectivity index is 1.92. The molecule has 2 heterocycles. The molecule has 0 bridgehead atoms. The average Bonchev–Trinajstić information content (AvgIpc) is 2.75. The molecule has 1 saturated heterocycles. The zero-order valence-electron chi connectivity index (χ0n) is 9.35. The van der Waals surface area contributed by atoms with Gasteiger partial charge < -0.3 is 4.90 Å². The highest BCUT2D eigenvalue weighted by Gasteiger charge is 2.18. The maximum Gasteiger partial charge on any atom is 0.106 e. The van der Waals surface area contributed by atoms with Crippen LogP contribution >= 0.6 is 11.8 Å². The largest absolute Gasteiger partial charge is 0.360 e. The quantitative estimate of drug-likeness (QED) is 0.682. The SMILES string of the molecule is c1ccc2c(c1)N=C(N1CCCC1)CCS2. The Hall–Kier alpha value is -0.960. The molecule has 0 amide bonds. The van der Waals surface area contributed by atoms with Gasteiger partial charge in [0.25, 0.3) is 0 Å². The van der Waals surface area contributed by atoms with Crippen LogP contribution in [-0.4, -0.2) is 29.6 Å². The van der Waals surface area contributed by atoms with Crippen LogP contribution in [0, 0.1) is 0 Å². The first-order chi connectivity index (χ1) is 7.93. The normalized spacial score (nSPS) is 20.2. The van der Waals surface area contributed by atoms with Gasteiger partial charge in [-0.25, -0.2) is 4.99 Å². The molecular weight excluding hydrogens is 216 g/mol. The molecule has 2 nitrogen and oxygen atoms in total. The molecule has 0 saturated carbocycles. The molecule has 3 heteroatoms. The van der Waals surface area contributed by atoms with E-state index in [-0.39, 0.29) is 0 Å². The van der Waals surface area contributed by atoms with Gasteiger partial charge in [0.2, 0.25) is 0 Å². The van der Waals surface area contributed by atoms with Crippen molar-refractivity contribution in [1.29, 1.82) is 0 Å². The minimum absolute atomic E-state index is 1.11. The smallest absolute Gasteiger partial charge is 0.106 e. The maximum absolute atomic E-state index is 4.84. The number of rotatable bonds is 0. The van der Waals surface area contributed by atoms with Gasteiger partial charge >= 0.3 is 0 Å². The fraction of sp³-hybridized carbons (Fsp3) is 0.462. The molecular formula is C13H16N2S. The van der Waals surface area contributed by atoms with Crippen molar-refractivity contribution in [3.8, 4) is 0 Å². The van der Waals surface area contributed by atoms with E-state index < -0.39 is 0 Å². The summed E-state index contributed by atoms with van der Waals surface area (Å²) in [6.45, 7) is 2.40. The van der Waals surface area contributed by atoms with Gasteiger partial charge in [-0.2, -0.15) is 0 Å². The molecule has 84 valence electrons. The highest BCUT2D eigenvalue weighted by molar-refractivity contribution is 7.99. The van der Waals surface area contributed by atoms with Gasteiger partial charge in [0.15, 0.2) is 0 Å². The summed E-state index contributed by atoms with van der Waals surface area (Å²) >= 11 is 1.93. The summed E-state index contributed by atoms with van der Waals surface area (Å²) in [7, 11) is 0. The molecule has 0 radical (unpaired) electrons. The van der Waals surface area contributed by atoms with Gasteiger partial charge in [-0.05, 0) is 25.0 Å². The van der Waals surface area contributed by atoms with Crippen LogP contribution in [0.25, 0.3) is 0 Å². The summed E-state index contributed by atoms with van der Waals surface area (Å²) in [5, 5.41) is 0. The molecule has 0 aromatic heterocycles. The van der Waals surface area contributed by atoms with Crippen molar-refractivity contribution in [3.63, 3.8) is 0 Å². The molecule has 0 N–H and O–H groups in total. The zero-order valence-corrected chi connectivity index (χ0v) is 10.2. The van der Waals surface area contributed by atoms with Crippen molar-refractivity contribution in [3.05, 3.63) is 24.3 Å². The predicted molar refractivity (Wildman–Crippen MR) is 69.7 cm³/mol. The monoisotopic (exact) mass is 232 g/mol. The number of benzene rings is 1. The zero-order chi connectivity index (χ0) is 10.8. The van der Waals surface area contributed by atoms with Gasteiger partial charge in [-0.15, -0.1) is 11.8 Å². The molecule has 3 rings (SSSR count). The summed E-state index contributed by atoms with van der Waals surface area (Å²) in [6, 6.07) is 8.48. The van der Waals surface area contributed by atoms with Gasteiger partial charge in [0, 0.05) is 30.2 Å². The molecule has 2 aliphatic rings. The van der Waals surface area contributed by atoms with E-state index in [0.717, 1.165) is 17.9 Å². The number of fused-ring (bicyclic) bond motifs is 1. The lowest BCUT2D eigenvalue weighted by atomic mass is 10.3. The van der Waals surface area contributed by atoms with E-state index >= 15 is 0 Å². The minimum Gasteiger partial charge on any atom is -0.360 e. The molecule has 16 heavy (non-hydrogen) atoms. The van der Waals surface area contributed by atoms with Gasteiger partial charge in [0.05, 0.1) is 5.69 Å². The number of nitrogens with zero attached hydrogens (tertiary/aromatic N) is 2. The Morgan fingerprint density at radius 2 is 1.94 bits per heavy atom. The Morgan fingerprint density at radius 3 is 2.81 bits per heavy atom. The number of hydrogen-bond donors (Lipinski definition) is 0. The number of thioether (sulfide) groups is 1. The summed E-state index contributed by atoms with van der Waals surface area (Å²) in [5.41, 5.74) is 1.16. The molecule has 0 spiro atoms. The van der Waals surface area contributed by atoms with E-state index in [1.165, 1.54) is 36.7 Å². The Bertz CT molecular complexity index is 408. The van der Waals surface area contributed by atoms with Crippen molar-refractivity contribution < 1.29 is 0 Å². The lowest BCUT2D eigenvalue weighted by molar-refractivity contribution is 0.509. The van der Waals surface area contributed by atoms with Crippen molar-refractivity contribution in [2.45, 2.75) is 24.2 Å². The number of hydrogen-bond acceptors (Lipinski definition) is 3. The topological polar surface area (TPSA) is 15.6 Å². The Kier molecular flexibility index (Phi) is 2.87. The number of amidine groups is 1. The number of aliphatic imine (C=N–C) groups is 1. The van der Waals surface area contributed by atoms with Crippen LogP contribution < -0.4 is 0 Å². The van der Waals surface area contributed by atoms with Crippen molar-refractivity contribution in [1.82, 2.24) is 4.90 Å². The Labute approximate surface area is 101 Å². The van der Waals surface area contributed by atoms with Crippen LogP contribution in [0.1, 0.15) is 19.3 Å². The van der Waals surface area contributed by atoms with Gasteiger partial charge in [0.1, 0.15) is 5.84 Å². The molecule has 2 aliphatic heterocycles. The lowest BCUT2D eigenvalue weighted by Gasteiger charge is -2.18.